The van der Waals surface area contributed by atoms with Gasteiger partial charge in [0.05, 0.1) is 24.5 Å². The molecule has 1 aromatic heterocycles. The smallest absolute Gasteiger partial charge is 0.261 e. The average molecular weight is 440 g/mol. The van der Waals surface area contributed by atoms with Crippen molar-refractivity contribution in [1.82, 2.24) is 9.88 Å². The van der Waals surface area contributed by atoms with E-state index in [1.165, 1.54) is 18.5 Å². The number of amides is 2. The molecule has 2 aromatic carbocycles. The molecule has 1 aliphatic heterocycles. The first-order chi connectivity index (χ1) is 15.5. The van der Waals surface area contributed by atoms with E-state index in [2.05, 4.69) is 20.5 Å². The molecule has 0 saturated carbocycles. The largest absolute Gasteiger partial charge is 0.379 e. The number of morpholine rings is 1. The number of hydrogen-bond acceptors (Lipinski definition) is 4. The Kier molecular flexibility index (Phi) is 6.58. The van der Waals surface area contributed by atoms with Gasteiger partial charge in [-0.05, 0) is 29.8 Å². The number of carbonyl (C=O) groups excluding carboxylic acids is 2. The summed E-state index contributed by atoms with van der Waals surface area (Å²) in [4.78, 5) is 30.2. The molecule has 1 fully saturated rings. The molecule has 2 heterocycles. The van der Waals surface area contributed by atoms with Crippen LogP contribution in [0.3, 0.4) is 0 Å². The van der Waals surface area contributed by atoms with Crippen molar-refractivity contribution < 1.29 is 23.1 Å². The van der Waals surface area contributed by atoms with Crippen LogP contribution < -0.4 is 10.6 Å². The maximum absolute atomic E-state index is 13.9. The van der Waals surface area contributed by atoms with Crippen molar-refractivity contribution in [1.29, 1.82) is 0 Å². The lowest BCUT2D eigenvalue weighted by molar-refractivity contribution is 0.0342. The van der Waals surface area contributed by atoms with E-state index < -0.39 is 29.0 Å². The molecular formula is C23H22F2N4O3. The number of hydrogen-bond donors (Lipinski definition) is 3. The van der Waals surface area contributed by atoms with Gasteiger partial charge in [0.2, 0.25) is 0 Å². The molecule has 0 radical (unpaired) electrons. The minimum absolute atomic E-state index is 0.111. The first-order valence-electron chi connectivity index (χ1n) is 10.1. The molecule has 2 amide bonds. The Morgan fingerprint density at radius 3 is 2.44 bits per heavy atom. The van der Waals surface area contributed by atoms with Crippen LogP contribution in [-0.4, -0.2) is 48.0 Å². The highest BCUT2D eigenvalue weighted by atomic mass is 19.1. The van der Waals surface area contributed by atoms with E-state index in [1.54, 1.807) is 6.07 Å². The molecule has 0 atom stereocenters. The van der Waals surface area contributed by atoms with Crippen LogP contribution in [0, 0.1) is 11.6 Å². The quantitative estimate of drug-likeness (QED) is 0.546. The third-order valence-electron chi connectivity index (χ3n) is 5.12. The molecule has 0 aliphatic carbocycles. The highest BCUT2D eigenvalue weighted by Gasteiger charge is 2.21. The van der Waals surface area contributed by atoms with Crippen LogP contribution in [0.5, 0.6) is 0 Å². The van der Waals surface area contributed by atoms with Crippen LogP contribution in [0.1, 0.15) is 26.3 Å². The number of halogens is 2. The summed E-state index contributed by atoms with van der Waals surface area (Å²) in [5.74, 6) is -3.43. The fraction of sp³-hybridized carbons (Fsp3) is 0.217. The number of benzene rings is 2. The fourth-order valence-corrected chi connectivity index (χ4v) is 3.52. The van der Waals surface area contributed by atoms with Gasteiger partial charge in [0.15, 0.2) is 0 Å². The van der Waals surface area contributed by atoms with Gasteiger partial charge < -0.3 is 20.4 Å². The monoisotopic (exact) mass is 440 g/mol. The van der Waals surface area contributed by atoms with Crippen molar-refractivity contribution in [2.45, 2.75) is 6.54 Å². The predicted octanol–water partition coefficient (Wildman–Crippen LogP) is 3.63. The molecule has 3 N–H and O–H groups in total. The Morgan fingerprint density at radius 1 is 0.969 bits per heavy atom. The van der Waals surface area contributed by atoms with Gasteiger partial charge in [-0.2, -0.15) is 0 Å². The third-order valence-corrected chi connectivity index (χ3v) is 5.12. The van der Waals surface area contributed by atoms with Crippen LogP contribution in [0.2, 0.25) is 0 Å². The second kappa shape index (κ2) is 9.71. The highest BCUT2D eigenvalue weighted by molar-refractivity contribution is 6.12. The molecule has 1 saturated heterocycles. The van der Waals surface area contributed by atoms with Crippen molar-refractivity contribution >= 4 is 23.2 Å². The first-order valence-corrected chi connectivity index (χ1v) is 10.1. The Bertz CT molecular complexity index is 1110. The SMILES string of the molecule is O=C(Nc1cccc(CN2CCOCC2)c1)c1c[nH]cc1NC(=O)c1c(F)cccc1F. The van der Waals surface area contributed by atoms with E-state index in [0.717, 1.165) is 37.3 Å². The van der Waals surface area contributed by atoms with Crippen molar-refractivity contribution in [3.05, 3.63) is 83.2 Å². The molecule has 7 nitrogen and oxygen atoms in total. The maximum atomic E-state index is 13.9. The molecule has 1 aliphatic rings. The summed E-state index contributed by atoms with van der Waals surface area (Å²) < 4.78 is 33.1. The molecule has 4 rings (SSSR count). The van der Waals surface area contributed by atoms with Crippen LogP contribution in [0.25, 0.3) is 0 Å². The lowest BCUT2D eigenvalue weighted by Gasteiger charge is -2.26. The van der Waals surface area contributed by atoms with Crippen LogP contribution in [0.4, 0.5) is 20.2 Å². The average Bonchev–Trinajstić information content (AvgIpc) is 3.23. The Morgan fingerprint density at radius 2 is 1.69 bits per heavy atom. The Balaban J connectivity index is 1.44. The van der Waals surface area contributed by atoms with E-state index in [0.29, 0.717) is 18.9 Å². The summed E-state index contributed by atoms with van der Waals surface area (Å²) in [7, 11) is 0. The first kappa shape index (κ1) is 21.7. The van der Waals surface area contributed by atoms with E-state index in [1.807, 2.05) is 18.2 Å². The second-order valence-corrected chi connectivity index (χ2v) is 7.38. The summed E-state index contributed by atoms with van der Waals surface area (Å²) >= 11 is 0. The van der Waals surface area contributed by atoms with E-state index >= 15 is 0 Å². The van der Waals surface area contributed by atoms with Crippen molar-refractivity contribution in [2.24, 2.45) is 0 Å². The Labute approximate surface area is 183 Å². The number of nitrogens with one attached hydrogen (secondary N) is 3. The molecule has 0 spiro atoms. The number of rotatable bonds is 6. The predicted molar refractivity (Wildman–Crippen MR) is 116 cm³/mol. The van der Waals surface area contributed by atoms with E-state index in [4.69, 9.17) is 4.74 Å². The van der Waals surface area contributed by atoms with Crippen molar-refractivity contribution in [3.63, 3.8) is 0 Å². The number of aromatic nitrogens is 1. The van der Waals surface area contributed by atoms with Crippen molar-refractivity contribution in [3.8, 4) is 0 Å². The minimum Gasteiger partial charge on any atom is -0.379 e. The number of ether oxygens (including phenoxy) is 1. The van der Waals surface area contributed by atoms with E-state index in [-0.39, 0.29) is 11.3 Å². The summed E-state index contributed by atoms with van der Waals surface area (Å²) in [5, 5.41) is 5.19. The summed E-state index contributed by atoms with van der Waals surface area (Å²) in [5.41, 5.74) is 1.17. The molecule has 3 aromatic rings. The van der Waals surface area contributed by atoms with Crippen LogP contribution >= 0.6 is 0 Å². The van der Waals surface area contributed by atoms with Gasteiger partial charge in [0, 0.05) is 37.7 Å². The van der Waals surface area contributed by atoms with Crippen LogP contribution in [-0.2, 0) is 11.3 Å². The number of H-pyrrole nitrogens is 1. The standard InChI is InChI=1S/C23H22F2N4O3/c24-18-5-2-6-19(25)21(18)23(31)28-20-13-26-12-17(20)22(30)27-16-4-1-3-15(11-16)14-29-7-9-32-10-8-29/h1-6,11-13,26H,7-10,14H2,(H,27,30)(H,28,31). The highest BCUT2D eigenvalue weighted by Crippen LogP contribution is 2.21. The third kappa shape index (κ3) is 5.01. The number of carbonyl (C=O) groups is 2. The lowest BCUT2D eigenvalue weighted by Crippen LogP contribution is -2.35. The Hall–Kier alpha value is -3.56. The van der Waals surface area contributed by atoms with Gasteiger partial charge in [0.25, 0.3) is 11.8 Å². The van der Waals surface area contributed by atoms with Crippen LogP contribution in [0.15, 0.2) is 54.9 Å². The van der Waals surface area contributed by atoms with Gasteiger partial charge in [-0.15, -0.1) is 0 Å². The molecule has 0 unspecified atom stereocenters. The molecular weight excluding hydrogens is 418 g/mol. The zero-order chi connectivity index (χ0) is 22.5. The number of aromatic amines is 1. The zero-order valence-corrected chi connectivity index (χ0v) is 17.2. The maximum Gasteiger partial charge on any atom is 0.261 e. The molecule has 32 heavy (non-hydrogen) atoms. The number of nitrogens with zero attached hydrogens (tertiary/aromatic N) is 1. The summed E-state index contributed by atoms with van der Waals surface area (Å²) in [6.45, 7) is 3.86. The normalized spacial score (nSPS) is 14.2. The van der Waals surface area contributed by atoms with Gasteiger partial charge in [0.1, 0.15) is 17.2 Å². The fourth-order valence-electron chi connectivity index (χ4n) is 3.52. The van der Waals surface area contributed by atoms with Gasteiger partial charge in [-0.3, -0.25) is 14.5 Å². The van der Waals surface area contributed by atoms with E-state index in [9.17, 15) is 18.4 Å². The molecule has 9 heteroatoms. The van der Waals surface area contributed by atoms with Gasteiger partial charge >= 0.3 is 0 Å². The minimum atomic E-state index is -0.985. The summed E-state index contributed by atoms with van der Waals surface area (Å²) in [6.07, 6.45) is 2.78. The van der Waals surface area contributed by atoms with Gasteiger partial charge in [-0.1, -0.05) is 18.2 Å². The topological polar surface area (TPSA) is 86.5 Å². The van der Waals surface area contributed by atoms with Gasteiger partial charge in [-0.25, -0.2) is 8.78 Å². The zero-order valence-electron chi connectivity index (χ0n) is 17.2. The number of anilines is 2. The van der Waals surface area contributed by atoms with Crippen molar-refractivity contribution in [2.75, 3.05) is 36.9 Å². The molecule has 166 valence electrons. The molecule has 0 bridgehead atoms. The lowest BCUT2D eigenvalue weighted by atomic mass is 10.1. The second-order valence-electron chi connectivity index (χ2n) is 7.38. The summed E-state index contributed by atoms with van der Waals surface area (Å²) in [6, 6.07) is 10.6.